The van der Waals surface area contributed by atoms with Gasteiger partial charge in [0.1, 0.15) is 26.2 Å². The Bertz CT molecular complexity index is 192. The Kier molecular flexibility index (Phi) is 5.07. The van der Waals surface area contributed by atoms with Gasteiger partial charge in [0.05, 0.1) is 19.3 Å². The number of nitrogens with one attached hydrogen (secondary N) is 1. The van der Waals surface area contributed by atoms with Crippen molar-refractivity contribution in [2.24, 2.45) is 5.92 Å². The van der Waals surface area contributed by atoms with Gasteiger partial charge in [-0.3, -0.25) is 0 Å². The minimum absolute atomic E-state index is 0.921. The second kappa shape index (κ2) is 6.58. The first-order valence-corrected chi connectivity index (χ1v) is 7.09. The van der Waals surface area contributed by atoms with Crippen molar-refractivity contribution in [2.75, 3.05) is 39.4 Å². The average molecular weight is 228 g/mol. The van der Waals surface area contributed by atoms with Gasteiger partial charge in [-0.25, -0.2) is 0 Å². The zero-order valence-corrected chi connectivity index (χ0v) is 10.7. The lowest BCUT2D eigenvalue weighted by molar-refractivity contribution is -0.921. The van der Waals surface area contributed by atoms with E-state index in [0.29, 0.717) is 0 Å². The Morgan fingerprint density at radius 2 is 2.06 bits per heavy atom. The normalized spacial score (nSPS) is 32.8. The molecule has 0 aromatic heterocycles. The predicted octanol–water partition coefficient (Wildman–Crippen LogP) is -0.956. The molecule has 0 aromatic rings. The Balaban J connectivity index is 1.56. The largest absolute Gasteiger partial charge is 0.370 e. The van der Waals surface area contributed by atoms with Crippen LogP contribution in [0.3, 0.4) is 0 Å². The quantitative estimate of drug-likeness (QED) is 0.638. The fourth-order valence-electron chi connectivity index (χ4n) is 3.13. The van der Waals surface area contributed by atoms with Crippen LogP contribution in [0.2, 0.25) is 0 Å². The van der Waals surface area contributed by atoms with Crippen LogP contribution < -0.4 is 10.2 Å². The molecule has 3 heteroatoms. The molecular formula is C13H28N2O+2. The van der Waals surface area contributed by atoms with E-state index in [0.717, 1.165) is 25.2 Å². The van der Waals surface area contributed by atoms with Gasteiger partial charge in [0.15, 0.2) is 0 Å². The van der Waals surface area contributed by atoms with E-state index in [4.69, 9.17) is 4.74 Å². The van der Waals surface area contributed by atoms with Gasteiger partial charge >= 0.3 is 0 Å². The summed E-state index contributed by atoms with van der Waals surface area (Å²) < 4.78 is 5.38. The van der Waals surface area contributed by atoms with E-state index < -0.39 is 0 Å². The number of nitrogens with two attached hydrogens (primary N) is 1. The van der Waals surface area contributed by atoms with Crippen LogP contribution in [0.25, 0.3) is 0 Å². The molecule has 2 atom stereocenters. The number of ether oxygens (including phenoxy) is 1. The summed E-state index contributed by atoms with van der Waals surface area (Å²) in [6.07, 6.45) is 5.80. The van der Waals surface area contributed by atoms with Crippen molar-refractivity contribution in [1.29, 1.82) is 0 Å². The molecule has 1 saturated heterocycles. The summed E-state index contributed by atoms with van der Waals surface area (Å²) in [6.45, 7) is 9.42. The highest BCUT2D eigenvalue weighted by Gasteiger charge is 2.22. The summed E-state index contributed by atoms with van der Waals surface area (Å²) in [6, 6.07) is 0.921. The molecule has 2 fully saturated rings. The summed E-state index contributed by atoms with van der Waals surface area (Å²) in [7, 11) is 0. The second-order valence-electron chi connectivity index (χ2n) is 5.67. The predicted molar refractivity (Wildman–Crippen MR) is 64.6 cm³/mol. The van der Waals surface area contributed by atoms with Gasteiger partial charge in [0, 0.05) is 6.42 Å². The summed E-state index contributed by atoms with van der Waals surface area (Å²) >= 11 is 0. The lowest BCUT2D eigenvalue weighted by Gasteiger charge is -2.27. The molecule has 1 saturated carbocycles. The summed E-state index contributed by atoms with van der Waals surface area (Å²) in [5.41, 5.74) is 0. The minimum atomic E-state index is 0.921. The molecule has 2 rings (SSSR count). The lowest BCUT2D eigenvalue weighted by atomic mass is 9.87. The van der Waals surface area contributed by atoms with Crippen LogP contribution >= 0.6 is 0 Å². The molecule has 0 amide bonds. The van der Waals surface area contributed by atoms with E-state index >= 15 is 0 Å². The van der Waals surface area contributed by atoms with Gasteiger partial charge in [-0.1, -0.05) is 13.3 Å². The first-order valence-electron chi connectivity index (χ1n) is 7.09. The van der Waals surface area contributed by atoms with Gasteiger partial charge in [-0.15, -0.1) is 0 Å². The smallest absolute Gasteiger partial charge is 0.127 e. The molecule has 0 spiro atoms. The average Bonchev–Trinajstić information content (AvgIpc) is 2.30. The maximum atomic E-state index is 5.38. The van der Waals surface area contributed by atoms with E-state index in [1.165, 1.54) is 51.9 Å². The minimum Gasteiger partial charge on any atom is -0.370 e. The van der Waals surface area contributed by atoms with Gasteiger partial charge < -0.3 is 15.0 Å². The third-order valence-corrected chi connectivity index (χ3v) is 4.17. The number of rotatable bonds is 4. The van der Waals surface area contributed by atoms with Gasteiger partial charge in [-0.05, 0) is 18.8 Å². The van der Waals surface area contributed by atoms with E-state index in [9.17, 15) is 0 Å². The van der Waals surface area contributed by atoms with Gasteiger partial charge in [0.2, 0.25) is 0 Å². The molecule has 0 unspecified atom stereocenters. The molecule has 0 aromatic carbocycles. The van der Waals surface area contributed by atoms with Gasteiger partial charge in [0.25, 0.3) is 0 Å². The molecule has 0 radical (unpaired) electrons. The highest BCUT2D eigenvalue weighted by molar-refractivity contribution is 4.68. The van der Waals surface area contributed by atoms with Crippen LogP contribution in [0, 0.1) is 5.92 Å². The number of hydrogen-bond acceptors (Lipinski definition) is 1. The van der Waals surface area contributed by atoms with Crippen LogP contribution in [0.5, 0.6) is 0 Å². The topological polar surface area (TPSA) is 30.3 Å². The zero-order chi connectivity index (χ0) is 11.2. The fraction of sp³-hybridized carbons (Fsp3) is 1.00. The van der Waals surface area contributed by atoms with E-state index in [2.05, 4.69) is 12.2 Å². The standard InChI is InChI=1S/C13H26N2O/c1-12-3-2-4-13(11-12)14-5-6-15-7-9-16-10-8-15/h12-14H,2-11H2,1H3/p+2/t12-,13-/m1/s1. The molecule has 1 heterocycles. The van der Waals surface area contributed by atoms with Crippen molar-refractivity contribution in [3.8, 4) is 0 Å². The Hall–Kier alpha value is -0.120. The van der Waals surface area contributed by atoms with Crippen LogP contribution in [0.15, 0.2) is 0 Å². The maximum absolute atomic E-state index is 5.38. The summed E-state index contributed by atoms with van der Waals surface area (Å²) in [4.78, 5) is 1.74. The molecule has 1 aliphatic heterocycles. The first kappa shape index (κ1) is 12.3. The Morgan fingerprint density at radius 3 is 2.81 bits per heavy atom. The fourth-order valence-corrected chi connectivity index (χ4v) is 3.13. The van der Waals surface area contributed by atoms with Gasteiger partial charge in [-0.2, -0.15) is 0 Å². The molecular weight excluding hydrogens is 200 g/mol. The van der Waals surface area contributed by atoms with E-state index in [1.807, 2.05) is 0 Å². The monoisotopic (exact) mass is 228 g/mol. The van der Waals surface area contributed by atoms with Crippen molar-refractivity contribution in [1.82, 2.24) is 0 Å². The summed E-state index contributed by atoms with van der Waals surface area (Å²) in [5.74, 6) is 0.964. The highest BCUT2D eigenvalue weighted by Crippen LogP contribution is 2.21. The van der Waals surface area contributed by atoms with Crippen LogP contribution in [0.1, 0.15) is 32.6 Å². The molecule has 3 N–H and O–H groups in total. The SMILES string of the molecule is C[C@@H]1CCC[C@@H]([NH2+]CC[NH+]2CCOCC2)C1. The van der Waals surface area contributed by atoms with Crippen LogP contribution in [-0.2, 0) is 4.74 Å². The second-order valence-corrected chi connectivity index (χ2v) is 5.67. The third kappa shape index (κ3) is 4.04. The third-order valence-electron chi connectivity index (χ3n) is 4.17. The van der Waals surface area contributed by atoms with Crippen molar-refractivity contribution in [2.45, 2.75) is 38.6 Å². The van der Waals surface area contributed by atoms with Crippen molar-refractivity contribution < 1.29 is 15.0 Å². The molecule has 3 nitrogen and oxygen atoms in total. The number of morpholine rings is 1. The summed E-state index contributed by atoms with van der Waals surface area (Å²) in [5, 5.41) is 2.61. The maximum Gasteiger partial charge on any atom is 0.127 e. The van der Waals surface area contributed by atoms with Crippen LogP contribution in [0.4, 0.5) is 0 Å². The van der Waals surface area contributed by atoms with Crippen molar-refractivity contribution >= 4 is 0 Å². The molecule has 94 valence electrons. The zero-order valence-electron chi connectivity index (χ0n) is 10.7. The number of hydrogen-bond donors (Lipinski definition) is 2. The van der Waals surface area contributed by atoms with E-state index in [1.54, 1.807) is 4.90 Å². The Morgan fingerprint density at radius 1 is 1.25 bits per heavy atom. The molecule has 16 heavy (non-hydrogen) atoms. The Labute approximate surface area is 99.5 Å². The molecule has 1 aliphatic carbocycles. The highest BCUT2D eigenvalue weighted by atomic mass is 16.5. The van der Waals surface area contributed by atoms with E-state index in [-0.39, 0.29) is 0 Å². The molecule has 2 aliphatic rings. The lowest BCUT2D eigenvalue weighted by Crippen LogP contribution is -3.16. The van der Waals surface area contributed by atoms with Crippen LogP contribution in [-0.4, -0.2) is 45.4 Å². The van der Waals surface area contributed by atoms with Crippen molar-refractivity contribution in [3.05, 3.63) is 0 Å². The number of quaternary nitrogens is 2. The first-order chi connectivity index (χ1) is 7.84. The molecule has 0 bridgehead atoms. The van der Waals surface area contributed by atoms with Crippen molar-refractivity contribution in [3.63, 3.8) is 0 Å².